The van der Waals surface area contributed by atoms with Crippen molar-refractivity contribution in [1.29, 1.82) is 0 Å². The smallest absolute Gasteiger partial charge is 0.251 e. The van der Waals surface area contributed by atoms with E-state index in [9.17, 15) is 9.59 Å². The zero-order chi connectivity index (χ0) is 17.8. The molecule has 1 heterocycles. The van der Waals surface area contributed by atoms with Crippen molar-refractivity contribution in [2.75, 3.05) is 20.6 Å². The van der Waals surface area contributed by atoms with Gasteiger partial charge in [0.15, 0.2) is 0 Å². The number of nitrogens with one attached hydrogen (secondary N) is 1. The third-order valence-electron chi connectivity index (χ3n) is 3.87. The van der Waals surface area contributed by atoms with Crippen molar-refractivity contribution in [3.8, 4) is 0 Å². The van der Waals surface area contributed by atoms with Crippen molar-refractivity contribution in [2.45, 2.75) is 6.54 Å². The van der Waals surface area contributed by atoms with Gasteiger partial charge >= 0.3 is 0 Å². The molecule has 0 saturated heterocycles. The maximum Gasteiger partial charge on any atom is 0.251 e. The lowest BCUT2D eigenvalue weighted by atomic mass is 10.1. The van der Waals surface area contributed by atoms with Crippen LogP contribution in [0, 0.1) is 0 Å². The van der Waals surface area contributed by atoms with Crippen molar-refractivity contribution >= 4 is 22.8 Å². The highest BCUT2D eigenvalue weighted by atomic mass is 16.2. The quantitative estimate of drug-likeness (QED) is 0.761. The monoisotopic (exact) mass is 337 g/mol. The van der Waals surface area contributed by atoms with E-state index in [0.29, 0.717) is 12.1 Å². The summed E-state index contributed by atoms with van der Waals surface area (Å²) in [6.07, 6.45) is 0. The van der Waals surface area contributed by atoms with Gasteiger partial charge in [0.05, 0.1) is 18.6 Å². The molecule has 2 amide bonds. The molecule has 2 aromatic carbocycles. The fourth-order valence-corrected chi connectivity index (χ4v) is 2.38. The predicted molar refractivity (Wildman–Crippen MR) is 94.1 cm³/mol. The molecule has 1 aromatic heterocycles. The largest absolute Gasteiger partial charge is 0.347 e. The van der Waals surface area contributed by atoms with Crippen molar-refractivity contribution < 1.29 is 9.59 Å². The highest BCUT2D eigenvalue weighted by molar-refractivity contribution is 5.96. The van der Waals surface area contributed by atoms with Gasteiger partial charge in [0, 0.05) is 19.7 Å². The van der Waals surface area contributed by atoms with Gasteiger partial charge in [-0.15, -0.1) is 5.10 Å². The third kappa shape index (κ3) is 3.82. The molecule has 0 radical (unpaired) electrons. The van der Waals surface area contributed by atoms with E-state index in [-0.39, 0.29) is 18.4 Å². The fraction of sp³-hybridized carbons (Fsp3) is 0.222. The van der Waals surface area contributed by atoms with E-state index in [0.717, 1.165) is 16.6 Å². The van der Waals surface area contributed by atoms with Gasteiger partial charge in [-0.25, -0.2) is 4.68 Å². The molecular formula is C18H19N5O2. The molecule has 7 nitrogen and oxygen atoms in total. The Morgan fingerprint density at radius 2 is 1.80 bits per heavy atom. The molecular weight excluding hydrogens is 318 g/mol. The molecule has 0 bridgehead atoms. The van der Waals surface area contributed by atoms with Gasteiger partial charge in [-0.1, -0.05) is 29.5 Å². The second-order valence-corrected chi connectivity index (χ2v) is 5.90. The van der Waals surface area contributed by atoms with Crippen LogP contribution in [0.3, 0.4) is 0 Å². The molecule has 0 fully saturated rings. The first-order chi connectivity index (χ1) is 12.0. The number of hydrogen-bond donors (Lipinski definition) is 1. The van der Waals surface area contributed by atoms with E-state index in [1.165, 1.54) is 4.90 Å². The minimum absolute atomic E-state index is 0.0153. The second kappa shape index (κ2) is 7.12. The van der Waals surface area contributed by atoms with Crippen LogP contribution in [0.5, 0.6) is 0 Å². The number of rotatable bonds is 5. The molecule has 0 aliphatic heterocycles. The Kier molecular flexibility index (Phi) is 4.74. The lowest BCUT2D eigenvalue weighted by Gasteiger charge is -2.11. The van der Waals surface area contributed by atoms with Crippen LogP contribution in [0.25, 0.3) is 11.0 Å². The van der Waals surface area contributed by atoms with Crippen LogP contribution in [-0.2, 0) is 11.3 Å². The Bertz CT molecular complexity index is 899. The number of benzene rings is 2. The molecule has 0 saturated carbocycles. The van der Waals surface area contributed by atoms with Gasteiger partial charge in [0.1, 0.15) is 5.52 Å². The highest BCUT2D eigenvalue weighted by Crippen LogP contribution is 2.12. The lowest BCUT2D eigenvalue weighted by Crippen LogP contribution is -2.36. The first-order valence-electron chi connectivity index (χ1n) is 7.90. The predicted octanol–water partition coefficient (Wildman–Crippen LogP) is 1.30. The minimum atomic E-state index is -0.270. The van der Waals surface area contributed by atoms with E-state index in [2.05, 4.69) is 15.6 Å². The van der Waals surface area contributed by atoms with Crippen molar-refractivity contribution in [1.82, 2.24) is 25.2 Å². The lowest BCUT2D eigenvalue weighted by molar-refractivity contribution is -0.127. The Morgan fingerprint density at radius 1 is 1.08 bits per heavy atom. The third-order valence-corrected chi connectivity index (χ3v) is 3.87. The maximum atomic E-state index is 12.1. The van der Waals surface area contributed by atoms with Crippen LogP contribution in [0.1, 0.15) is 15.9 Å². The summed E-state index contributed by atoms with van der Waals surface area (Å²) in [7, 11) is 3.30. The van der Waals surface area contributed by atoms with Crippen LogP contribution < -0.4 is 5.32 Å². The number of aromatic nitrogens is 3. The second-order valence-electron chi connectivity index (χ2n) is 5.90. The first-order valence-corrected chi connectivity index (χ1v) is 7.90. The van der Waals surface area contributed by atoms with Gasteiger partial charge < -0.3 is 10.2 Å². The maximum absolute atomic E-state index is 12.1. The SMILES string of the molecule is CN(C)C(=O)CNC(=O)c1ccc(Cn2nnc3ccccc32)cc1. The fourth-order valence-electron chi connectivity index (χ4n) is 2.38. The summed E-state index contributed by atoms with van der Waals surface area (Å²) in [4.78, 5) is 25.0. The van der Waals surface area contributed by atoms with E-state index in [1.807, 2.05) is 41.1 Å². The zero-order valence-electron chi connectivity index (χ0n) is 14.1. The number of nitrogens with zero attached hydrogens (tertiary/aromatic N) is 4. The molecule has 0 aliphatic rings. The van der Waals surface area contributed by atoms with E-state index >= 15 is 0 Å². The molecule has 1 N–H and O–H groups in total. The van der Waals surface area contributed by atoms with E-state index < -0.39 is 0 Å². The summed E-state index contributed by atoms with van der Waals surface area (Å²) in [5.74, 6) is -0.420. The normalized spacial score (nSPS) is 10.6. The van der Waals surface area contributed by atoms with Crippen LogP contribution in [0.15, 0.2) is 48.5 Å². The zero-order valence-corrected chi connectivity index (χ0v) is 14.1. The van der Waals surface area contributed by atoms with Gasteiger partial charge in [-0.05, 0) is 29.8 Å². The van der Waals surface area contributed by atoms with E-state index in [1.54, 1.807) is 26.2 Å². The molecule has 0 spiro atoms. The number of carbonyl (C=O) groups excluding carboxylic acids is 2. The molecule has 25 heavy (non-hydrogen) atoms. The minimum Gasteiger partial charge on any atom is -0.347 e. The van der Waals surface area contributed by atoms with Crippen LogP contribution >= 0.6 is 0 Å². The standard InChI is InChI=1S/C18H19N5O2/c1-22(2)17(24)11-19-18(25)14-9-7-13(8-10-14)12-23-16-6-4-3-5-15(16)20-21-23/h3-10H,11-12H2,1-2H3,(H,19,25). The van der Waals surface area contributed by atoms with Gasteiger partial charge in [0.25, 0.3) is 5.91 Å². The van der Waals surface area contributed by atoms with E-state index in [4.69, 9.17) is 0 Å². The topological polar surface area (TPSA) is 80.1 Å². The first kappa shape index (κ1) is 16.6. The Morgan fingerprint density at radius 3 is 2.52 bits per heavy atom. The molecule has 0 atom stereocenters. The number of para-hydroxylation sites is 1. The Hall–Kier alpha value is -3.22. The van der Waals surface area contributed by atoms with Crippen LogP contribution in [-0.4, -0.2) is 52.3 Å². The average Bonchev–Trinajstić information content (AvgIpc) is 3.03. The molecule has 7 heteroatoms. The highest BCUT2D eigenvalue weighted by Gasteiger charge is 2.10. The number of hydrogen-bond acceptors (Lipinski definition) is 4. The number of amides is 2. The number of likely N-dealkylation sites (N-methyl/N-ethyl adjacent to an activating group) is 1. The van der Waals surface area contributed by atoms with Crippen LogP contribution in [0.2, 0.25) is 0 Å². The number of carbonyl (C=O) groups is 2. The summed E-state index contributed by atoms with van der Waals surface area (Å²) in [5.41, 5.74) is 3.34. The summed E-state index contributed by atoms with van der Waals surface area (Å²) in [6, 6.07) is 15.0. The van der Waals surface area contributed by atoms with Gasteiger partial charge in [0.2, 0.25) is 5.91 Å². The summed E-state index contributed by atoms with van der Waals surface area (Å²) in [5, 5.41) is 10.9. The molecule has 0 unspecified atom stereocenters. The van der Waals surface area contributed by atoms with Gasteiger partial charge in [-0.3, -0.25) is 9.59 Å². The van der Waals surface area contributed by atoms with Crippen LogP contribution in [0.4, 0.5) is 0 Å². The van der Waals surface area contributed by atoms with Crippen molar-refractivity contribution in [3.05, 3.63) is 59.7 Å². The summed E-state index contributed by atoms with van der Waals surface area (Å²) >= 11 is 0. The Labute approximate surface area is 145 Å². The number of fused-ring (bicyclic) bond motifs is 1. The molecule has 128 valence electrons. The van der Waals surface area contributed by atoms with Crippen molar-refractivity contribution in [3.63, 3.8) is 0 Å². The molecule has 0 aliphatic carbocycles. The molecule has 3 aromatic rings. The van der Waals surface area contributed by atoms with Crippen molar-refractivity contribution in [2.24, 2.45) is 0 Å². The summed E-state index contributed by atoms with van der Waals surface area (Å²) < 4.78 is 1.82. The summed E-state index contributed by atoms with van der Waals surface area (Å²) in [6.45, 7) is 0.556. The molecule has 3 rings (SSSR count). The van der Waals surface area contributed by atoms with Gasteiger partial charge in [-0.2, -0.15) is 0 Å². The average molecular weight is 337 g/mol. The Balaban J connectivity index is 1.66.